The summed E-state index contributed by atoms with van der Waals surface area (Å²) in [6.45, 7) is 14.0. The Morgan fingerprint density at radius 2 is 1.40 bits per heavy atom. The summed E-state index contributed by atoms with van der Waals surface area (Å²) in [5.74, 6) is 0.988. The molecule has 5 nitrogen and oxygen atoms in total. The average molecular weight is 553 g/mol. The molecule has 0 amide bonds. The van der Waals surface area contributed by atoms with E-state index < -0.39 is 5.97 Å². The summed E-state index contributed by atoms with van der Waals surface area (Å²) >= 11 is 0. The first-order chi connectivity index (χ1) is 19.1. The lowest BCUT2D eigenvalue weighted by molar-refractivity contribution is -0.137. The molecule has 0 aliphatic heterocycles. The molecule has 2 N–H and O–H groups in total. The number of carbonyl (C=O) groups is 2. The van der Waals surface area contributed by atoms with Gasteiger partial charge in [-0.25, -0.2) is 0 Å². The Morgan fingerprint density at radius 3 is 1.95 bits per heavy atom. The lowest BCUT2D eigenvalue weighted by atomic mass is 9.95. The monoisotopic (exact) mass is 552 g/mol. The molecule has 0 saturated carbocycles. The van der Waals surface area contributed by atoms with Gasteiger partial charge in [0.25, 0.3) is 0 Å². The predicted octanol–water partition coefficient (Wildman–Crippen LogP) is 9.70. The van der Waals surface area contributed by atoms with Crippen molar-refractivity contribution in [1.29, 1.82) is 0 Å². The smallest absolute Gasteiger partial charge is 0.303 e. The number of carbonyl (C=O) groups excluding carboxylic acids is 1. The molecular weight excluding hydrogens is 496 g/mol. The van der Waals surface area contributed by atoms with Crippen molar-refractivity contribution in [3.63, 3.8) is 0 Å². The highest BCUT2D eigenvalue weighted by Gasteiger charge is 2.19. The minimum Gasteiger partial charge on any atom is -0.481 e. The van der Waals surface area contributed by atoms with Crippen LogP contribution in [0.2, 0.25) is 0 Å². The third-order valence-electron chi connectivity index (χ3n) is 7.75. The minimum absolute atomic E-state index is 0.0308. The van der Waals surface area contributed by atoms with Crippen LogP contribution in [0.5, 0.6) is 0 Å². The Morgan fingerprint density at radius 1 is 0.800 bits per heavy atom. The van der Waals surface area contributed by atoms with E-state index >= 15 is 0 Å². The van der Waals surface area contributed by atoms with E-state index in [-0.39, 0.29) is 18.1 Å². The number of carboxylic acid groups (broad SMARTS) is 1. The molecule has 5 heteroatoms. The highest BCUT2D eigenvalue weighted by Crippen LogP contribution is 2.26. The summed E-state index contributed by atoms with van der Waals surface area (Å²) in [7, 11) is 0. The van der Waals surface area contributed by atoms with Gasteiger partial charge in [-0.15, -0.1) is 0 Å². The largest absolute Gasteiger partial charge is 0.481 e. The Balaban J connectivity index is 2.10. The van der Waals surface area contributed by atoms with Crippen LogP contribution < -0.4 is 5.32 Å². The van der Waals surface area contributed by atoms with Crippen molar-refractivity contribution in [2.45, 2.75) is 137 Å². The van der Waals surface area contributed by atoms with E-state index in [0.29, 0.717) is 30.1 Å². The van der Waals surface area contributed by atoms with Crippen LogP contribution in [0.15, 0.2) is 36.7 Å². The molecule has 0 aliphatic rings. The number of rotatable bonds is 21. The van der Waals surface area contributed by atoms with Crippen LogP contribution >= 0.6 is 0 Å². The zero-order valence-electron chi connectivity index (χ0n) is 26.2. The topological polar surface area (TPSA) is 71.3 Å². The van der Waals surface area contributed by atoms with E-state index in [0.717, 1.165) is 35.9 Å². The SMILES string of the molecule is CC(C)CCCCCC(CCCCCC(C)C)Nc1cccc(C(=O)c2cn(CCCC(=O)O)cc2C(C)C)c1. The van der Waals surface area contributed by atoms with Crippen LogP contribution in [0.4, 0.5) is 5.69 Å². The number of aryl methyl sites for hydroxylation is 1. The lowest BCUT2D eigenvalue weighted by Crippen LogP contribution is -2.20. The number of aromatic nitrogens is 1. The summed E-state index contributed by atoms with van der Waals surface area (Å²) in [5.41, 5.74) is 3.45. The van der Waals surface area contributed by atoms with Crippen molar-refractivity contribution in [3.8, 4) is 0 Å². The van der Waals surface area contributed by atoms with Gasteiger partial charge in [-0.3, -0.25) is 9.59 Å². The van der Waals surface area contributed by atoms with E-state index in [4.69, 9.17) is 5.11 Å². The third-order valence-corrected chi connectivity index (χ3v) is 7.75. The number of unbranched alkanes of at least 4 members (excludes halogenated alkanes) is 4. The van der Waals surface area contributed by atoms with Crippen molar-refractivity contribution < 1.29 is 14.7 Å². The average Bonchev–Trinajstić information content (AvgIpc) is 3.31. The minimum atomic E-state index is -0.790. The molecule has 40 heavy (non-hydrogen) atoms. The van der Waals surface area contributed by atoms with Crippen molar-refractivity contribution >= 4 is 17.4 Å². The number of aliphatic carboxylic acids is 1. The molecule has 0 saturated heterocycles. The molecule has 2 aromatic rings. The van der Waals surface area contributed by atoms with Crippen LogP contribution in [-0.2, 0) is 11.3 Å². The molecule has 0 bridgehead atoms. The summed E-state index contributed by atoms with van der Waals surface area (Å²) in [6.07, 6.45) is 17.2. The number of nitrogens with zero attached hydrogens (tertiary/aromatic N) is 1. The first kappa shape index (κ1) is 33.6. The second-order valence-corrected chi connectivity index (χ2v) is 12.8. The van der Waals surface area contributed by atoms with Gasteiger partial charge in [-0.2, -0.15) is 0 Å². The molecule has 0 atom stereocenters. The Hall–Kier alpha value is -2.56. The van der Waals surface area contributed by atoms with Crippen LogP contribution in [0.25, 0.3) is 0 Å². The third kappa shape index (κ3) is 12.7. The number of ketones is 1. The van der Waals surface area contributed by atoms with Gasteiger partial charge in [0.1, 0.15) is 0 Å². The predicted molar refractivity (Wildman–Crippen MR) is 169 cm³/mol. The molecule has 0 radical (unpaired) electrons. The lowest BCUT2D eigenvalue weighted by Gasteiger charge is -2.21. The summed E-state index contributed by atoms with van der Waals surface area (Å²) in [5, 5.41) is 12.8. The van der Waals surface area contributed by atoms with Crippen molar-refractivity contribution in [2.24, 2.45) is 11.8 Å². The fourth-order valence-electron chi connectivity index (χ4n) is 5.39. The molecule has 224 valence electrons. The Labute approximate surface area is 244 Å². The van der Waals surface area contributed by atoms with Gasteiger partial charge < -0.3 is 15.0 Å². The standard InChI is InChI=1S/C35H56N2O3/c1-26(2)15-9-7-11-18-30(19-12-8-10-16-27(3)4)36-31-20-13-17-29(23-31)35(40)33-25-37(22-14-21-34(38)39)24-32(33)28(5)6/h13,17,20,23-28,30,36H,7-12,14-16,18-19,21-22H2,1-6H3,(H,38,39). The highest BCUT2D eigenvalue weighted by atomic mass is 16.4. The van der Waals surface area contributed by atoms with Gasteiger partial charge in [0, 0.05) is 48.2 Å². The van der Waals surface area contributed by atoms with Crippen LogP contribution in [0.1, 0.15) is 146 Å². The zero-order chi connectivity index (χ0) is 29.5. The zero-order valence-corrected chi connectivity index (χ0v) is 26.2. The maximum atomic E-state index is 13.7. The van der Waals surface area contributed by atoms with Gasteiger partial charge in [0.2, 0.25) is 0 Å². The van der Waals surface area contributed by atoms with Gasteiger partial charge in [0.15, 0.2) is 5.78 Å². The summed E-state index contributed by atoms with van der Waals surface area (Å²) < 4.78 is 1.97. The number of benzene rings is 1. The van der Waals surface area contributed by atoms with Gasteiger partial charge in [0.05, 0.1) is 0 Å². The number of nitrogens with one attached hydrogen (secondary N) is 1. The Bertz CT molecular complexity index is 1000. The number of carboxylic acids is 1. The van der Waals surface area contributed by atoms with Crippen LogP contribution in [0.3, 0.4) is 0 Å². The molecule has 1 aromatic carbocycles. The number of anilines is 1. The molecule has 0 aliphatic carbocycles. The van der Waals surface area contributed by atoms with E-state index in [9.17, 15) is 9.59 Å². The second-order valence-electron chi connectivity index (χ2n) is 12.8. The molecular formula is C35H56N2O3. The van der Waals surface area contributed by atoms with E-state index in [1.54, 1.807) is 0 Å². The van der Waals surface area contributed by atoms with Crippen molar-refractivity contribution in [1.82, 2.24) is 4.57 Å². The molecule has 0 spiro atoms. The highest BCUT2D eigenvalue weighted by molar-refractivity contribution is 6.10. The number of hydrogen-bond acceptors (Lipinski definition) is 3. The fraction of sp³-hybridized carbons (Fsp3) is 0.657. The Kier molecular flexibility index (Phi) is 15.1. The van der Waals surface area contributed by atoms with Gasteiger partial charge >= 0.3 is 5.97 Å². The van der Waals surface area contributed by atoms with Crippen molar-refractivity contribution in [2.75, 3.05) is 5.32 Å². The van der Waals surface area contributed by atoms with E-state index in [1.165, 1.54) is 51.4 Å². The molecule has 0 fully saturated rings. The van der Waals surface area contributed by atoms with Crippen LogP contribution in [-0.4, -0.2) is 27.5 Å². The summed E-state index contributed by atoms with van der Waals surface area (Å²) in [6, 6.07) is 8.41. The quantitative estimate of drug-likeness (QED) is 0.119. The van der Waals surface area contributed by atoms with Crippen LogP contribution in [0, 0.1) is 11.8 Å². The fourth-order valence-corrected chi connectivity index (χ4v) is 5.39. The van der Waals surface area contributed by atoms with E-state index in [2.05, 4.69) is 52.9 Å². The van der Waals surface area contributed by atoms with Gasteiger partial charge in [-0.05, 0) is 54.7 Å². The first-order valence-corrected chi connectivity index (χ1v) is 15.9. The van der Waals surface area contributed by atoms with E-state index in [1.807, 2.05) is 35.2 Å². The summed E-state index contributed by atoms with van der Waals surface area (Å²) in [4.78, 5) is 24.6. The number of hydrogen-bond donors (Lipinski definition) is 2. The second kappa shape index (κ2) is 18.0. The normalized spacial score (nSPS) is 11.8. The van der Waals surface area contributed by atoms with Gasteiger partial charge in [-0.1, -0.05) is 105 Å². The molecule has 0 unspecified atom stereocenters. The molecule has 2 rings (SSSR count). The first-order valence-electron chi connectivity index (χ1n) is 15.9. The van der Waals surface area contributed by atoms with Crippen molar-refractivity contribution in [3.05, 3.63) is 53.3 Å². The molecule has 1 aromatic heterocycles. The maximum absolute atomic E-state index is 13.7. The molecule has 1 heterocycles. The maximum Gasteiger partial charge on any atom is 0.303 e.